The van der Waals surface area contributed by atoms with Crippen LogP contribution in [0.4, 0.5) is 26.3 Å². The summed E-state index contributed by atoms with van der Waals surface area (Å²) in [6.07, 6.45) is -4.00. The first-order chi connectivity index (χ1) is 8.83. The van der Waals surface area contributed by atoms with Gasteiger partial charge in [0.1, 0.15) is 0 Å². The molecule has 0 saturated heterocycles. The first kappa shape index (κ1) is 19.4. The Kier molecular flexibility index (Phi) is 7.24. The molecular weight excluding hydrogens is 429 g/mol. The van der Waals surface area contributed by atoms with E-state index in [9.17, 15) is 26.3 Å². The molecule has 0 aliphatic rings. The third-order valence-electron chi connectivity index (χ3n) is 1.39. The van der Waals surface area contributed by atoms with Gasteiger partial charge in [-0.25, -0.2) is 8.42 Å². The zero-order chi connectivity index (χ0) is 16.0. The maximum absolute atomic E-state index is 11.8. The highest BCUT2D eigenvalue weighted by Crippen LogP contribution is 2.20. The Hall–Kier alpha value is -0.560. The predicted molar refractivity (Wildman–Crippen MR) is 51.8 cm³/mol. The summed E-state index contributed by atoms with van der Waals surface area (Å²) >= 11 is -0.888. The Morgan fingerprint density at radius 2 is 1.40 bits per heavy atom. The first-order valence-corrected chi connectivity index (χ1v) is 8.57. The van der Waals surface area contributed by atoms with Crippen LogP contribution in [-0.4, -0.2) is 29.1 Å². The highest BCUT2D eigenvalue weighted by atomic mass is 127. The van der Waals surface area contributed by atoms with E-state index in [1.807, 2.05) is 0 Å². The van der Waals surface area contributed by atoms with Crippen LogP contribution < -0.4 is 21.2 Å². The average molecular weight is 436 g/mol. The molecule has 0 aliphatic heterocycles. The van der Waals surface area contributed by atoms with E-state index in [1.54, 1.807) is 30.3 Å². The van der Waals surface area contributed by atoms with E-state index in [-0.39, 0.29) is 0 Å². The lowest BCUT2D eigenvalue weighted by Gasteiger charge is -2.08. The van der Waals surface area contributed by atoms with Gasteiger partial charge in [0.25, 0.3) is 0 Å². The summed E-state index contributed by atoms with van der Waals surface area (Å²) in [4.78, 5) is 0. The minimum Gasteiger partial charge on any atom is -0.741 e. The minimum atomic E-state index is -6.09. The molecule has 3 nitrogen and oxygen atoms in total. The molecule has 0 unspecified atom stereocenters. The second-order valence-corrected chi connectivity index (χ2v) is 7.22. The van der Waals surface area contributed by atoms with Crippen LogP contribution >= 0.6 is 0 Å². The molecule has 0 aliphatic carbocycles. The Balaban J connectivity index is 0.000000396. The van der Waals surface area contributed by atoms with Crippen LogP contribution in [0, 0.1) is 3.57 Å². The second-order valence-electron chi connectivity index (χ2n) is 3.08. The summed E-state index contributed by atoms with van der Waals surface area (Å²) in [6, 6.07) is 8.84. The predicted octanol–water partition coefficient (Wildman–Crippen LogP) is -0.441. The molecule has 0 bridgehead atoms. The molecule has 11 heteroatoms. The molecule has 116 valence electrons. The standard InChI is InChI=1S/C8H7F3I.CHF3O3S/c9-8(10,11)6-12-7-4-2-1-3-5-7;2-1(3,4)8(5,6)7/h1-5H,6H2;(H,5,6,7)/q+1;/p-1. The second kappa shape index (κ2) is 7.45. The van der Waals surface area contributed by atoms with Crippen LogP contribution in [0.5, 0.6) is 0 Å². The lowest BCUT2D eigenvalue weighted by Crippen LogP contribution is -3.63. The summed E-state index contributed by atoms with van der Waals surface area (Å²) < 4.78 is 94.4. The fourth-order valence-corrected chi connectivity index (χ4v) is 2.45. The molecule has 0 amide bonds. The van der Waals surface area contributed by atoms with Crippen molar-refractivity contribution in [3.8, 4) is 0 Å². The summed E-state index contributed by atoms with van der Waals surface area (Å²) in [7, 11) is -6.09. The van der Waals surface area contributed by atoms with Crippen molar-refractivity contribution in [1.82, 2.24) is 0 Å². The first-order valence-electron chi connectivity index (χ1n) is 4.56. The Morgan fingerprint density at radius 3 is 1.70 bits per heavy atom. The van der Waals surface area contributed by atoms with E-state index in [1.165, 1.54) is 0 Å². The molecule has 0 heterocycles. The molecule has 1 aromatic carbocycles. The summed E-state index contributed by atoms with van der Waals surface area (Å²) in [5.74, 6) is 0. The van der Waals surface area contributed by atoms with Crippen LogP contribution in [-0.2, 0) is 10.1 Å². The normalized spacial score (nSPS) is 12.6. The van der Waals surface area contributed by atoms with Gasteiger partial charge in [-0.05, 0) is 12.1 Å². The Bertz CT molecular complexity index is 497. The molecule has 0 N–H and O–H groups in total. The summed E-state index contributed by atoms with van der Waals surface area (Å²) in [5, 5.41) is 0. The topological polar surface area (TPSA) is 57.2 Å². The molecule has 1 aromatic rings. The van der Waals surface area contributed by atoms with Gasteiger partial charge < -0.3 is 4.55 Å². The van der Waals surface area contributed by atoms with E-state index >= 15 is 0 Å². The maximum atomic E-state index is 11.8. The van der Waals surface area contributed by atoms with E-state index in [2.05, 4.69) is 0 Å². The zero-order valence-electron chi connectivity index (χ0n) is 9.37. The van der Waals surface area contributed by atoms with Crippen molar-refractivity contribution in [3.05, 3.63) is 33.9 Å². The number of hydrogen-bond acceptors (Lipinski definition) is 3. The van der Waals surface area contributed by atoms with E-state index in [0.717, 1.165) is 3.57 Å². The van der Waals surface area contributed by atoms with E-state index < -0.39 is 47.4 Å². The van der Waals surface area contributed by atoms with Crippen molar-refractivity contribution >= 4 is 10.1 Å². The Labute approximate surface area is 121 Å². The van der Waals surface area contributed by atoms with Gasteiger partial charge in [-0.2, -0.15) is 26.3 Å². The van der Waals surface area contributed by atoms with Crippen LogP contribution in [0.15, 0.2) is 30.3 Å². The monoisotopic (exact) mass is 436 g/mol. The van der Waals surface area contributed by atoms with Crippen molar-refractivity contribution in [2.75, 3.05) is 4.43 Å². The summed E-state index contributed by atoms with van der Waals surface area (Å²) in [5.41, 5.74) is -5.65. The van der Waals surface area contributed by atoms with E-state index in [4.69, 9.17) is 13.0 Å². The van der Waals surface area contributed by atoms with Crippen molar-refractivity contribution in [2.24, 2.45) is 0 Å². The van der Waals surface area contributed by atoms with Gasteiger partial charge in [0.2, 0.25) is 4.43 Å². The molecule has 20 heavy (non-hydrogen) atoms. The lowest BCUT2D eigenvalue weighted by molar-refractivity contribution is -0.650. The van der Waals surface area contributed by atoms with Gasteiger partial charge in [-0.1, -0.05) is 18.2 Å². The van der Waals surface area contributed by atoms with Gasteiger partial charge in [-0.15, -0.1) is 0 Å². The fraction of sp³-hybridized carbons (Fsp3) is 0.333. The van der Waals surface area contributed by atoms with Crippen molar-refractivity contribution in [2.45, 2.75) is 11.7 Å². The molecule has 0 atom stereocenters. The molecule has 0 spiro atoms. The zero-order valence-corrected chi connectivity index (χ0v) is 12.3. The highest BCUT2D eigenvalue weighted by molar-refractivity contribution is 7.86. The number of alkyl halides is 7. The van der Waals surface area contributed by atoms with Crippen molar-refractivity contribution < 1.29 is 60.5 Å². The molecular formula is C9H7F6IO3S. The lowest BCUT2D eigenvalue weighted by atomic mass is 10.4. The van der Waals surface area contributed by atoms with Crippen molar-refractivity contribution in [3.63, 3.8) is 0 Å². The SMILES string of the molecule is FC(F)(F)C[I+]c1ccccc1.O=S(=O)([O-])C(F)(F)F. The molecule has 0 saturated carbocycles. The van der Waals surface area contributed by atoms with Gasteiger partial charge >= 0.3 is 32.9 Å². The van der Waals surface area contributed by atoms with Crippen LogP contribution in [0.1, 0.15) is 0 Å². The maximum Gasteiger partial charge on any atom is 0.485 e. The minimum absolute atomic E-state index is 0.629. The molecule has 1 rings (SSSR count). The van der Waals surface area contributed by atoms with Gasteiger partial charge in [0.05, 0.1) is 0 Å². The van der Waals surface area contributed by atoms with Gasteiger partial charge in [0.15, 0.2) is 13.7 Å². The number of benzene rings is 1. The Morgan fingerprint density at radius 1 is 1.00 bits per heavy atom. The molecule has 0 aromatic heterocycles. The smallest absolute Gasteiger partial charge is 0.485 e. The average Bonchev–Trinajstić information content (AvgIpc) is 2.25. The number of rotatable bonds is 2. The molecule has 0 radical (unpaired) electrons. The number of halogens is 7. The van der Waals surface area contributed by atoms with Gasteiger partial charge in [-0.3, -0.25) is 0 Å². The van der Waals surface area contributed by atoms with Crippen LogP contribution in [0.3, 0.4) is 0 Å². The van der Waals surface area contributed by atoms with Crippen LogP contribution in [0.2, 0.25) is 0 Å². The third kappa shape index (κ3) is 9.36. The van der Waals surface area contributed by atoms with E-state index in [0.29, 0.717) is 0 Å². The molecule has 0 fully saturated rings. The van der Waals surface area contributed by atoms with Crippen LogP contribution in [0.25, 0.3) is 0 Å². The summed E-state index contributed by atoms with van der Waals surface area (Å²) in [6.45, 7) is 0. The highest BCUT2D eigenvalue weighted by Gasteiger charge is 2.37. The third-order valence-corrected chi connectivity index (χ3v) is 4.80. The fourth-order valence-electron chi connectivity index (χ4n) is 0.657. The van der Waals surface area contributed by atoms with Gasteiger partial charge in [0, 0.05) is 0 Å². The van der Waals surface area contributed by atoms with Crippen molar-refractivity contribution in [1.29, 1.82) is 0 Å². The number of hydrogen-bond donors (Lipinski definition) is 0. The quantitative estimate of drug-likeness (QED) is 0.208. The largest absolute Gasteiger partial charge is 0.741 e.